The molecule has 0 fully saturated rings. The Morgan fingerprint density at radius 3 is 2.48 bits per heavy atom. The zero-order chi connectivity index (χ0) is 15.2. The van der Waals surface area contributed by atoms with Gasteiger partial charge in [0.25, 0.3) is 0 Å². The summed E-state index contributed by atoms with van der Waals surface area (Å²) in [4.78, 5) is 0. The Labute approximate surface area is 126 Å². The van der Waals surface area contributed by atoms with Crippen molar-refractivity contribution in [3.63, 3.8) is 0 Å². The lowest BCUT2D eigenvalue weighted by Gasteiger charge is -2.16. The fourth-order valence-electron chi connectivity index (χ4n) is 2.45. The molecule has 21 heavy (non-hydrogen) atoms. The summed E-state index contributed by atoms with van der Waals surface area (Å²) in [6, 6.07) is 12.5. The fourth-order valence-corrected chi connectivity index (χ4v) is 2.45. The molecular weight excluding hydrogens is 262 g/mol. The van der Waals surface area contributed by atoms with Gasteiger partial charge in [-0.2, -0.15) is 0 Å². The van der Waals surface area contributed by atoms with Crippen molar-refractivity contribution in [2.24, 2.45) is 0 Å². The maximum atomic E-state index is 5.58. The SMILES string of the molecule is CCNCc1ccc(C)cc1-c1cccc(OC)c1OC. The number of rotatable bonds is 6. The molecule has 0 atom stereocenters. The summed E-state index contributed by atoms with van der Waals surface area (Å²) >= 11 is 0. The van der Waals surface area contributed by atoms with Gasteiger partial charge in [-0.15, -0.1) is 0 Å². The molecule has 0 aliphatic carbocycles. The minimum absolute atomic E-state index is 0.755. The molecule has 0 saturated carbocycles. The smallest absolute Gasteiger partial charge is 0.168 e. The van der Waals surface area contributed by atoms with E-state index in [1.54, 1.807) is 14.2 Å². The first-order valence-electron chi connectivity index (χ1n) is 7.22. The van der Waals surface area contributed by atoms with Crippen LogP contribution in [0.4, 0.5) is 0 Å². The highest BCUT2D eigenvalue weighted by Gasteiger charge is 2.14. The molecule has 0 spiro atoms. The largest absolute Gasteiger partial charge is 0.493 e. The Balaban J connectivity index is 2.57. The van der Waals surface area contributed by atoms with Gasteiger partial charge in [0, 0.05) is 12.1 Å². The highest BCUT2D eigenvalue weighted by atomic mass is 16.5. The maximum absolute atomic E-state index is 5.58. The highest BCUT2D eigenvalue weighted by Crippen LogP contribution is 2.39. The molecule has 0 amide bonds. The van der Waals surface area contributed by atoms with Crippen LogP contribution >= 0.6 is 0 Å². The topological polar surface area (TPSA) is 30.5 Å². The van der Waals surface area contributed by atoms with E-state index in [9.17, 15) is 0 Å². The molecule has 0 aliphatic heterocycles. The third-order valence-corrected chi connectivity index (χ3v) is 3.52. The first kappa shape index (κ1) is 15.4. The van der Waals surface area contributed by atoms with Gasteiger partial charge in [-0.05, 0) is 30.7 Å². The molecule has 0 aromatic heterocycles. The van der Waals surface area contributed by atoms with Crippen molar-refractivity contribution in [3.8, 4) is 22.6 Å². The van der Waals surface area contributed by atoms with E-state index in [1.807, 2.05) is 12.1 Å². The second kappa shape index (κ2) is 7.14. The molecule has 0 heterocycles. The summed E-state index contributed by atoms with van der Waals surface area (Å²) in [6.07, 6.45) is 0. The van der Waals surface area contributed by atoms with Crippen LogP contribution in [0.2, 0.25) is 0 Å². The number of hydrogen-bond acceptors (Lipinski definition) is 3. The van der Waals surface area contributed by atoms with Gasteiger partial charge in [0.15, 0.2) is 11.5 Å². The first-order chi connectivity index (χ1) is 10.2. The summed E-state index contributed by atoms with van der Waals surface area (Å²) in [7, 11) is 3.35. The van der Waals surface area contributed by atoms with E-state index >= 15 is 0 Å². The van der Waals surface area contributed by atoms with Crippen LogP contribution < -0.4 is 14.8 Å². The molecule has 0 saturated heterocycles. The number of hydrogen-bond donors (Lipinski definition) is 1. The molecule has 2 aromatic carbocycles. The molecule has 0 aliphatic rings. The van der Waals surface area contributed by atoms with Crippen molar-refractivity contribution in [1.29, 1.82) is 0 Å². The van der Waals surface area contributed by atoms with Crippen molar-refractivity contribution in [1.82, 2.24) is 5.32 Å². The molecule has 3 nitrogen and oxygen atoms in total. The number of nitrogens with one attached hydrogen (secondary N) is 1. The van der Waals surface area contributed by atoms with Crippen LogP contribution in [0, 0.1) is 6.92 Å². The van der Waals surface area contributed by atoms with E-state index in [0.717, 1.165) is 30.2 Å². The van der Waals surface area contributed by atoms with Crippen LogP contribution in [0.3, 0.4) is 0 Å². The molecular formula is C18H23NO2. The summed E-state index contributed by atoms with van der Waals surface area (Å²) in [5.74, 6) is 1.54. The van der Waals surface area contributed by atoms with E-state index in [1.165, 1.54) is 16.7 Å². The van der Waals surface area contributed by atoms with Gasteiger partial charge in [-0.25, -0.2) is 0 Å². The Morgan fingerprint density at radius 1 is 1.00 bits per heavy atom. The third kappa shape index (κ3) is 3.37. The lowest BCUT2D eigenvalue weighted by atomic mass is 9.96. The van der Waals surface area contributed by atoms with Gasteiger partial charge in [0.05, 0.1) is 14.2 Å². The normalized spacial score (nSPS) is 10.5. The van der Waals surface area contributed by atoms with Gasteiger partial charge in [0.1, 0.15) is 0 Å². The second-order valence-electron chi connectivity index (χ2n) is 4.98. The minimum Gasteiger partial charge on any atom is -0.493 e. The summed E-state index contributed by atoms with van der Waals surface area (Å²) < 4.78 is 11.0. The molecule has 3 heteroatoms. The van der Waals surface area contributed by atoms with Gasteiger partial charge >= 0.3 is 0 Å². The lowest BCUT2D eigenvalue weighted by molar-refractivity contribution is 0.356. The van der Waals surface area contributed by atoms with E-state index in [2.05, 4.69) is 43.4 Å². The molecule has 0 radical (unpaired) electrons. The summed E-state index contributed by atoms with van der Waals surface area (Å²) in [5.41, 5.74) is 4.74. The second-order valence-corrected chi connectivity index (χ2v) is 4.98. The fraction of sp³-hybridized carbons (Fsp3) is 0.333. The van der Waals surface area contributed by atoms with Crippen molar-refractivity contribution in [2.75, 3.05) is 20.8 Å². The van der Waals surface area contributed by atoms with Crippen LogP contribution in [0.15, 0.2) is 36.4 Å². The quantitative estimate of drug-likeness (QED) is 0.876. The van der Waals surface area contributed by atoms with E-state index in [-0.39, 0.29) is 0 Å². The Morgan fingerprint density at radius 2 is 1.81 bits per heavy atom. The average molecular weight is 285 g/mol. The van der Waals surface area contributed by atoms with E-state index in [4.69, 9.17) is 9.47 Å². The number of benzene rings is 2. The third-order valence-electron chi connectivity index (χ3n) is 3.52. The molecule has 1 N–H and O–H groups in total. The van der Waals surface area contributed by atoms with E-state index in [0.29, 0.717) is 0 Å². The van der Waals surface area contributed by atoms with Crippen molar-refractivity contribution in [3.05, 3.63) is 47.5 Å². The van der Waals surface area contributed by atoms with Gasteiger partial charge < -0.3 is 14.8 Å². The monoisotopic (exact) mass is 285 g/mol. The number of aryl methyl sites for hydroxylation is 1. The Bertz CT molecular complexity index is 608. The Kier molecular flexibility index (Phi) is 5.23. The molecule has 2 aromatic rings. The van der Waals surface area contributed by atoms with Gasteiger partial charge in [-0.3, -0.25) is 0 Å². The van der Waals surface area contributed by atoms with Crippen molar-refractivity contribution < 1.29 is 9.47 Å². The molecule has 0 unspecified atom stereocenters. The average Bonchev–Trinajstić information content (AvgIpc) is 2.52. The van der Waals surface area contributed by atoms with Crippen LogP contribution in [-0.2, 0) is 6.54 Å². The van der Waals surface area contributed by atoms with E-state index < -0.39 is 0 Å². The van der Waals surface area contributed by atoms with Crippen LogP contribution in [0.25, 0.3) is 11.1 Å². The Hall–Kier alpha value is -2.00. The summed E-state index contributed by atoms with van der Waals surface area (Å²) in [5, 5.41) is 3.39. The molecule has 112 valence electrons. The molecule has 0 bridgehead atoms. The van der Waals surface area contributed by atoms with Crippen LogP contribution in [0.5, 0.6) is 11.5 Å². The van der Waals surface area contributed by atoms with Crippen molar-refractivity contribution >= 4 is 0 Å². The summed E-state index contributed by atoms with van der Waals surface area (Å²) in [6.45, 7) is 6.00. The van der Waals surface area contributed by atoms with Crippen LogP contribution in [-0.4, -0.2) is 20.8 Å². The standard InChI is InChI=1S/C18H23NO2/c1-5-19-12-14-10-9-13(2)11-16(14)15-7-6-8-17(20-3)18(15)21-4/h6-11,19H,5,12H2,1-4H3. The predicted molar refractivity (Wildman–Crippen MR) is 87.1 cm³/mol. The zero-order valence-corrected chi connectivity index (χ0v) is 13.2. The number of methoxy groups -OCH3 is 2. The minimum atomic E-state index is 0.755. The van der Waals surface area contributed by atoms with Crippen molar-refractivity contribution in [2.45, 2.75) is 20.4 Å². The number of ether oxygens (including phenoxy) is 2. The zero-order valence-electron chi connectivity index (χ0n) is 13.2. The van der Waals surface area contributed by atoms with Crippen LogP contribution in [0.1, 0.15) is 18.1 Å². The lowest BCUT2D eigenvalue weighted by Crippen LogP contribution is -2.12. The molecule has 2 rings (SSSR count). The highest BCUT2D eigenvalue weighted by molar-refractivity contribution is 5.76. The van der Waals surface area contributed by atoms with Gasteiger partial charge in [0.2, 0.25) is 0 Å². The first-order valence-corrected chi connectivity index (χ1v) is 7.22. The predicted octanol–water partition coefficient (Wildman–Crippen LogP) is 3.79. The van der Waals surface area contributed by atoms with Gasteiger partial charge in [-0.1, -0.05) is 42.8 Å². The number of para-hydroxylation sites is 1. The maximum Gasteiger partial charge on any atom is 0.168 e.